The fraction of sp³-hybridized carbons (Fsp3) is 0.712. The molecular formula is C59H100O6. The van der Waals surface area contributed by atoms with Crippen LogP contribution in [0.25, 0.3) is 0 Å². The van der Waals surface area contributed by atoms with Gasteiger partial charge in [0.1, 0.15) is 13.2 Å². The van der Waals surface area contributed by atoms with Gasteiger partial charge < -0.3 is 14.2 Å². The zero-order chi connectivity index (χ0) is 47.2. The van der Waals surface area contributed by atoms with E-state index in [1.54, 1.807) is 0 Å². The Balaban J connectivity index is 4.29. The molecule has 0 bridgehead atoms. The molecule has 0 heterocycles. The Morgan fingerprint density at radius 1 is 0.323 bits per heavy atom. The van der Waals surface area contributed by atoms with Crippen LogP contribution in [0.15, 0.2) is 85.1 Å². The molecule has 0 N–H and O–H groups in total. The first kappa shape index (κ1) is 61.6. The van der Waals surface area contributed by atoms with E-state index in [-0.39, 0.29) is 31.1 Å². The zero-order valence-corrected chi connectivity index (χ0v) is 42.5. The van der Waals surface area contributed by atoms with Crippen molar-refractivity contribution in [1.29, 1.82) is 0 Å². The SMILES string of the molecule is CC/C=C\C/C=C\C/C=C\C/C=C\C/C=C\C/C=C\CCCCCCCCC(=O)OCC(COC(=O)CCCCCCC/C=C\CCC)OC(=O)CCCCCCCCCCCCCC. The molecule has 0 aromatic carbocycles. The number of carbonyl (C=O) groups excluding carboxylic acids is 3. The Labute approximate surface area is 401 Å². The predicted octanol–water partition coefficient (Wildman–Crippen LogP) is 18.0. The van der Waals surface area contributed by atoms with Gasteiger partial charge in [-0.15, -0.1) is 0 Å². The molecular weight excluding hydrogens is 805 g/mol. The molecule has 0 rings (SSSR count). The van der Waals surface area contributed by atoms with E-state index in [4.69, 9.17) is 14.2 Å². The number of esters is 3. The minimum Gasteiger partial charge on any atom is -0.462 e. The summed E-state index contributed by atoms with van der Waals surface area (Å²) in [5.41, 5.74) is 0. The summed E-state index contributed by atoms with van der Waals surface area (Å²) >= 11 is 0. The van der Waals surface area contributed by atoms with Gasteiger partial charge in [0, 0.05) is 19.3 Å². The van der Waals surface area contributed by atoms with Gasteiger partial charge in [-0.1, -0.05) is 228 Å². The molecule has 0 aliphatic carbocycles. The molecule has 1 atom stereocenters. The van der Waals surface area contributed by atoms with Gasteiger partial charge >= 0.3 is 17.9 Å². The van der Waals surface area contributed by atoms with Crippen LogP contribution in [0, 0.1) is 0 Å². The highest BCUT2D eigenvalue weighted by atomic mass is 16.6. The number of carbonyl (C=O) groups is 3. The second-order valence-electron chi connectivity index (χ2n) is 17.8. The average Bonchev–Trinajstić information content (AvgIpc) is 3.30. The Kier molecular flexibility index (Phi) is 50.4. The lowest BCUT2D eigenvalue weighted by Crippen LogP contribution is -2.30. The Morgan fingerprint density at radius 2 is 0.631 bits per heavy atom. The highest BCUT2D eigenvalue weighted by Crippen LogP contribution is 2.15. The summed E-state index contributed by atoms with van der Waals surface area (Å²) in [5.74, 6) is -0.908. The number of ether oxygens (including phenoxy) is 3. The predicted molar refractivity (Wildman–Crippen MR) is 279 cm³/mol. The standard InChI is InChI=1S/C59H100O6/c1-4-7-10-13-16-19-22-24-25-26-27-28-29-30-31-32-33-34-35-36-38-40-43-46-49-52-58(61)64-55-56(54-63-57(60)51-48-45-42-39-21-18-15-12-9-6-3)65-59(62)53-50-47-44-41-37-23-20-17-14-11-8-5-2/h7,10,12,15-16,19,24-25,27-28,30-31,33-34,56H,4-6,8-9,11,13-14,17-18,20-23,26,29,32,35-55H2,1-3H3/b10-7-,15-12-,19-16-,25-24-,28-27-,31-30-,34-33-. The Morgan fingerprint density at radius 3 is 1.02 bits per heavy atom. The summed E-state index contributed by atoms with van der Waals surface area (Å²) in [6.07, 6.45) is 68.6. The van der Waals surface area contributed by atoms with Crippen molar-refractivity contribution in [3.05, 3.63) is 85.1 Å². The monoisotopic (exact) mass is 905 g/mol. The molecule has 6 nitrogen and oxygen atoms in total. The van der Waals surface area contributed by atoms with Gasteiger partial charge in [0.2, 0.25) is 0 Å². The average molecular weight is 905 g/mol. The lowest BCUT2D eigenvalue weighted by atomic mass is 10.0. The molecule has 0 aliphatic heterocycles. The highest BCUT2D eigenvalue weighted by Gasteiger charge is 2.19. The van der Waals surface area contributed by atoms with E-state index in [1.807, 2.05) is 0 Å². The summed E-state index contributed by atoms with van der Waals surface area (Å²) in [7, 11) is 0. The lowest BCUT2D eigenvalue weighted by Gasteiger charge is -2.18. The third-order valence-corrected chi connectivity index (χ3v) is 11.4. The molecule has 65 heavy (non-hydrogen) atoms. The van der Waals surface area contributed by atoms with Crippen molar-refractivity contribution in [3.63, 3.8) is 0 Å². The molecule has 372 valence electrons. The first-order valence-corrected chi connectivity index (χ1v) is 27.1. The van der Waals surface area contributed by atoms with Crippen molar-refractivity contribution in [2.45, 2.75) is 258 Å². The third kappa shape index (κ3) is 51.4. The third-order valence-electron chi connectivity index (χ3n) is 11.4. The van der Waals surface area contributed by atoms with Gasteiger partial charge in [-0.05, 0) is 89.9 Å². The van der Waals surface area contributed by atoms with E-state index in [9.17, 15) is 14.4 Å². The van der Waals surface area contributed by atoms with Crippen molar-refractivity contribution in [2.24, 2.45) is 0 Å². The summed E-state index contributed by atoms with van der Waals surface area (Å²) in [4.78, 5) is 37.9. The maximum Gasteiger partial charge on any atom is 0.306 e. The van der Waals surface area contributed by atoms with Crippen LogP contribution >= 0.6 is 0 Å². The highest BCUT2D eigenvalue weighted by molar-refractivity contribution is 5.71. The minimum absolute atomic E-state index is 0.0844. The van der Waals surface area contributed by atoms with Crippen LogP contribution < -0.4 is 0 Å². The molecule has 0 saturated carbocycles. The van der Waals surface area contributed by atoms with Gasteiger partial charge in [0.25, 0.3) is 0 Å². The molecule has 6 heteroatoms. The second-order valence-corrected chi connectivity index (χ2v) is 17.8. The summed E-state index contributed by atoms with van der Waals surface area (Å²) in [6.45, 7) is 6.44. The molecule has 0 aliphatic rings. The van der Waals surface area contributed by atoms with Gasteiger partial charge in [-0.2, -0.15) is 0 Å². The van der Waals surface area contributed by atoms with Crippen LogP contribution in [0.4, 0.5) is 0 Å². The fourth-order valence-corrected chi connectivity index (χ4v) is 7.33. The Bertz CT molecular complexity index is 1270. The summed E-state index contributed by atoms with van der Waals surface area (Å²) in [6, 6.07) is 0. The maximum absolute atomic E-state index is 12.8. The van der Waals surface area contributed by atoms with Crippen LogP contribution in [0.2, 0.25) is 0 Å². The molecule has 0 aromatic heterocycles. The molecule has 0 fully saturated rings. The molecule has 0 radical (unpaired) electrons. The Hall–Kier alpha value is -3.41. The normalized spacial score (nSPS) is 12.7. The van der Waals surface area contributed by atoms with Crippen LogP contribution in [0.1, 0.15) is 252 Å². The second kappa shape index (κ2) is 53.2. The summed E-state index contributed by atoms with van der Waals surface area (Å²) in [5, 5.41) is 0. The smallest absolute Gasteiger partial charge is 0.306 e. The maximum atomic E-state index is 12.8. The van der Waals surface area contributed by atoms with E-state index < -0.39 is 6.10 Å². The lowest BCUT2D eigenvalue weighted by molar-refractivity contribution is -0.167. The molecule has 1 unspecified atom stereocenters. The number of hydrogen-bond donors (Lipinski definition) is 0. The topological polar surface area (TPSA) is 78.9 Å². The first-order valence-electron chi connectivity index (χ1n) is 27.1. The molecule has 0 amide bonds. The van der Waals surface area contributed by atoms with E-state index >= 15 is 0 Å². The van der Waals surface area contributed by atoms with Crippen LogP contribution in [0.3, 0.4) is 0 Å². The molecule has 0 aromatic rings. The quantitative estimate of drug-likeness (QED) is 0.0262. The van der Waals surface area contributed by atoms with Crippen molar-refractivity contribution >= 4 is 17.9 Å². The van der Waals surface area contributed by atoms with E-state index in [0.717, 1.165) is 122 Å². The van der Waals surface area contributed by atoms with Gasteiger partial charge in [0.15, 0.2) is 6.10 Å². The number of unbranched alkanes of at least 4 members (excludes halogenated alkanes) is 23. The number of hydrogen-bond acceptors (Lipinski definition) is 6. The van der Waals surface area contributed by atoms with Crippen LogP contribution in [-0.4, -0.2) is 37.2 Å². The van der Waals surface area contributed by atoms with E-state index in [1.165, 1.54) is 89.9 Å². The first-order chi connectivity index (χ1) is 32.0. The fourth-order valence-electron chi connectivity index (χ4n) is 7.33. The molecule has 0 spiro atoms. The van der Waals surface area contributed by atoms with Gasteiger partial charge in [-0.3, -0.25) is 14.4 Å². The van der Waals surface area contributed by atoms with E-state index in [0.29, 0.717) is 19.3 Å². The minimum atomic E-state index is -0.783. The molecule has 0 saturated heterocycles. The van der Waals surface area contributed by atoms with Gasteiger partial charge in [0.05, 0.1) is 0 Å². The van der Waals surface area contributed by atoms with Crippen molar-refractivity contribution in [2.75, 3.05) is 13.2 Å². The number of allylic oxidation sites excluding steroid dienone is 14. The van der Waals surface area contributed by atoms with Crippen LogP contribution in [-0.2, 0) is 28.6 Å². The van der Waals surface area contributed by atoms with Crippen molar-refractivity contribution in [3.8, 4) is 0 Å². The largest absolute Gasteiger partial charge is 0.462 e. The van der Waals surface area contributed by atoms with Crippen molar-refractivity contribution in [1.82, 2.24) is 0 Å². The zero-order valence-electron chi connectivity index (χ0n) is 42.5. The van der Waals surface area contributed by atoms with Crippen LogP contribution in [0.5, 0.6) is 0 Å². The van der Waals surface area contributed by atoms with Gasteiger partial charge in [-0.25, -0.2) is 0 Å². The summed E-state index contributed by atoms with van der Waals surface area (Å²) < 4.78 is 16.8. The van der Waals surface area contributed by atoms with E-state index in [2.05, 4.69) is 106 Å². The van der Waals surface area contributed by atoms with Crippen molar-refractivity contribution < 1.29 is 28.6 Å². The number of rotatable bonds is 48.